The van der Waals surface area contributed by atoms with E-state index in [1.165, 1.54) is 35.9 Å². The van der Waals surface area contributed by atoms with Crippen molar-refractivity contribution in [3.8, 4) is 0 Å². The lowest BCUT2D eigenvalue weighted by molar-refractivity contribution is -0.144. The van der Waals surface area contributed by atoms with E-state index in [4.69, 9.17) is 4.74 Å². The molecule has 1 N–H and O–H groups in total. The predicted octanol–water partition coefficient (Wildman–Crippen LogP) is 4.73. The summed E-state index contributed by atoms with van der Waals surface area (Å²) in [5.74, 6) is -0.126. The first-order valence-electron chi connectivity index (χ1n) is 8.74. The Morgan fingerprint density at radius 3 is 2.70 bits per heavy atom. The number of rotatable bonds is 6. The van der Waals surface area contributed by atoms with Crippen LogP contribution in [0.15, 0.2) is 24.3 Å². The van der Waals surface area contributed by atoms with Gasteiger partial charge < -0.3 is 10.1 Å². The molecule has 0 bridgehead atoms. The largest absolute Gasteiger partial charge is 0.467 e. The molecule has 0 spiro atoms. The number of esters is 1. The second kappa shape index (κ2) is 9.34. The highest BCUT2D eigenvalue weighted by Crippen LogP contribution is 2.34. The van der Waals surface area contributed by atoms with Gasteiger partial charge in [0.1, 0.15) is 6.04 Å². The molecule has 27 heavy (non-hydrogen) atoms. The van der Waals surface area contributed by atoms with E-state index < -0.39 is 29.8 Å². The third kappa shape index (κ3) is 5.54. The number of ether oxygens (including phenoxy) is 1. The molecule has 9 heteroatoms. The summed E-state index contributed by atoms with van der Waals surface area (Å²) < 4.78 is 43.4. The van der Waals surface area contributed by atoms with Crippen LogP contribution in [0.3, 0.4) is 0 Å². The van der Waals surface area contributed by atoms with Gasteiger partial charge in [0.05, 0.1) is 18.0 Å². The minimum Gasteiger partial charge on any atom is -0.467 e. The lowest BCUT2D eigenvalue weighted by Gasteiger charge is -2.28. The summed E-state index contributed by atoms with van der Waals surface area (Å²) in [6.45, 7) is 2.07. The molecule has 0 aromatic heterocycles. The lowest BCUT2D eigenvalue weighted by atomic mass is 10.1. The van der Waals surface area contributed by atoms with E-state index in [1.54, 1.807) is 0 Å². The monoisotopic (exact) mass is 404 g/mol. The number of anilines is 1. The highest BCUT2D eigenvalue weighted by atomic mass is 32.2. The normalized spacial score (nSPS) is 19.8. The predicted molar refractivity (Wildman–Crippen MR) is 98.5 cm³/mol. The van der Waals surface area contributed by atoms with E-state index in [9.17, 15) is 22.8 Å². The van der Waals surface area contributed by atoms with Crippen LogP contribution in [0.4, 0.5) is 23.7 Å². The van der Waals surface area contributed by atoms with Gasteiger partial charge in [0.25, 0.3) is 0 Å². The second-order valence-electron chi connectivity index (χ2n) is 6.24. The van der Waals surface area contributed by atoms with Crippen molar-refractivity contribution in [3.05, 3.63) is 29.8 Å². The molecule has 1 saturated heterocycles. The van der Waals surface area contributed by atoms with Gasteiger partial charge in [-0.05, 0) is 24.6 Å². The fourth-order valence-electron chi connectivity index (χ4n) is 2.91. The third-order valence-electron chi connectivity index (χ3n) is 4.30. The number of halogens is 3. The van der Waals surface area contributed by atoms with Crippen LogP contribution in [0.25, 0.3) is 0 Å². The standard InChI is InChI=1S/C18H23F3N2O3S/c1-3-4-5-9-15-23(14(11-27-15)16(24)26-2)17(25)22-13-8-6-7-12(10-13)18(19,20)21/h6-8,10,14-15H,3-5,9,11H2,1-2H3,(H,22,25). The Morgan fingerprint density at radius 2 is 2.07 bits per heavy atom. The molecular weight excluding hydrogens is 381 g/mol. The molecule has 1 aromatic carbocycles. The average Bonchev–Trinajstić information content (AvgIpc) is 3.05. The number of hydrogen-bond donors (Lipinski definition) is 1. The van der Waals surface area contributed by atoms with Gasteiger partial charge >= 0.3 is 18.2 Å². The first-order valence-corrected chi connectivity index (χ1v) is 9.78. The zero-order valence-electron chi connectivity index (χ0n) is 15.2. The molecule has 150 valence electrons. The molecular formula is C18H23F3N2O3S. The van der Waals surface area contributed by atoms with Crippen LogP contribution in [0.1, 0.15) is 38.2 Å². The number of carbonyl (C=O) groups is 2. The summed E-state index contributed by atoms with van der Waals surface area (Å²) in [5, 5.41) is 2.28. The van der Waals surface area contributed by atoms with Crippen LogP contribution in [-0.2, 0) is 15.7 Å². The van der Waals surface area contributed by atoms with Crippen molar-refractivity contribution < 1.29 is 27.5 Å². The number of alkyl halides is 3. The van der Waals surface area contributed by atoms with Gasteiger partial charge in [-0.3, -0.25) is 4.90 Å². The second-order valence-corrected chi connectivity index (χ2v) is 7.45. The summed E-state index contributed by atoms with van der Waals surface area (Å²) in [4.78, 5) is 26.2. The maximum atomic E-state index is 12.9. The highest BCUT2D eigenvalue weighted by Gasteiger charge is 2.42. The summed E-state index contributed by atoms with van der Waals surface area (Å²) in [6.07, 6.45) is -0.865. The maximum absolute atomic E-state index is 12.9. The van der Waals surface area contributed by atoms with Gasteiger partial charge in [0.2, 0.25) is 0 Å². The van der Waals surface area contributed by atoms with E-state index in [-0.39, 0.29) is 11.1 Å². The van der Waals surface area contributed by atoms with Crippen LogP contribution in [0.2, 0.25) is 0 Å². The lowest BCUT2D eigenvalue weighted by Crippen LogP contribution is -2.48. The van der Waals surface area contributed by atoms with Crippen molar-refractivity contribution in [2.45, 2.75) is 50.2 Å². The summed E-state index contributed by atoms with van der Waals surface area (Å²) in [5.41, 5.74) is -0.817. The Morgan fingerprint density at radius 1 is 1.33 bits per heavy atom. The van der Waals surface area contributed by atoms with Crippen molar-refractivity contribution in [1.29, 1.82) is 0 Å². The number of amides is 2. The van der Waals surface area contributed by atoms with Crippen LogP contribution >= 0.6 is 11.8 Å². The molecule has 0 aliphatic carbocycles. The Bertz CT molecular complexity index is 669. The van der Waals surface area contributed by atoms with Crippen LogP contribution in [-0.4, -0.2) is 41.2 Å². The number of benzene rings is 1. The Balaban J connectivity index is 2.16. The number of unbranched alkanes of at least 4 members (excludes halogenated alkanes) is 2. The van der Waals surface area contributed by atoms with Gasteiger partial charge in [-0.25, -0.2) is 9.59 Å². The number of thioether (sulfide) groups is 1. The number of hydrogen-bond acceptors (Lipinski definition) is 4. The molecule has 1 aliphatic heterocycles. The highest BCUT2D eigenvalue weighted by molar-refractivity contribution is 8.00. The molecule has 2 unspecified atom stereocenters. The van der Waals surface area contributed by atoms with Gasteiger partial charge in [-0.2, -0.15) is 13.2 Å². The molecule has 5 nitrogen and oxygen atoms in total. The first-order chi connectivity index (χ1) is 12.8. The van der Waals surface area contributed by atoms with Crippen LogP contribution in [0, 0.1) is 0 Å². The molecule has 2 rings (SSSR count). The quantitative estimate of drug-likeness (QED) is 0.550. The fraction of sp³-hybridized carbons (Fsp3) is 0.556. The molecule has 1 aliphatic rings. The molecule has 2 amide bonds. The van der Waals surface area contributed by atoms with Crippen molar-refractivity contribution in [1.82, 2.24) is 4.90 Å². The number of carbonyl (C=O) groups excluding carboxylic acids is 2. The van der Waals surface area contributed by atoms with Crippen molar-refractivity contribution in [2.75, 3.05) is 18.2 Å². The summed E-state index contributed by atoms with van der Waals surface area (Å²) in [7, 11) is 1.25. The first kappa shape index (κ1) is 21.4. The molecule has 1 aromatic rings. The average molecular weight is 404 g/mol. The molecule has 0 radical (unpaired) electrons. The molecule has 1 heterocycles. The van der Waals surface area contributed by atoms with E-state index in [0.29, 0.717) is 12.2 Å². The minimum atomic E-state index is -4.50. The third-order valence-corrected chi connectivity index (χ3v) is 5.65. The number of nitrogens with zero attached hydrogens (tertiary/aromatic N) is 1. The van der Waals surface area contributed by atoms with Gasteiger partial charge in [0, 0.05) is 11.4 Å². The van der Waals surface area contributed by atoms with Crippen molar-refractivity contribution in [2.24, 2.45) is 0 Å². The zero-order chi connectivity index (χ0) is 20.0. The molecule has 1 fully saturated rings. The van der Waals surface area contributed by atoms with E-state index >= 15 is 0 Å². The smallest absolute Gasteiger partial charge is 0.416 e. The summed E-state index contributed by atoms with van der Waals surface area (Å²) in [6, 6.07) is 3.07. The maximum Gasteiger partial charge on any atom is 0.416 e. The number of nitrogens with one attached hydrogen (secondary N) is 1. The zero-order valence-corrected chi connectivity index (χ0v) is 16.0. The molecule has 2 atom stereocenters. The SMILES string of the molecule is CCCCCC1SCC(C(=O)OC)N1C(=O)Nc1cccc(C(F)(F)F)c1. The van der Waals surface area contributed by atoms with E-state index in [1.807, 2.05) is 0 Å². The van der Waals surface area contributed by atoms with Gasteiger partial charge in [0.15, 0.2) is 0 Å². The van der Waals surface area contributed by atoms with E-state index in [2.05, 4.69) is 12.2 Å². The van der Waals surface area contributed by atoms with E-state index in [0.717, 1.165) is 31.4 Å². The fourth-order valence-corrected chi connectivity index (χ4v) is 4.34. The van der Waals surface area contributed by atoms with Crippen molar-refractivity contribution >= 4 is 29.4 Å². The Labute approximate surface area is 160 Å². The van der Waals surface area contributed by atoms with Crippen LogP contribution in [0.5, 0.6) is 0 Å². The summed E-state index contributed by atoms with van der Waals surface area (Å²) >= 11 is 1.48. The Kier molecular flexibility index (Phi) is 7.41. The Hall–Kier alpha value is -1.90. The minimum absolute atomic E-state index is 0.0302. The van der Waals surface area contributed by atoms with Gasteiger partial charge in [-0.15, -0.1) is 11.8 Å². The topological polar surface area (TPSA) is 58.6 Å². The van der Waals surface area contributed by atoms with Crippen LogP contribution < -0.4 is 5.32 Å². The number of methoxy groups -OCH3 is 1. The molecule has 0 saturated carbocycles. The van der Waals surface area contributed by atoms with Gasteiger partial charge in [-0.1, -0.05) is 32.3 Å². The number of urea groups is 1. The van der Waals surface area contributed by atoms with Crippen molar-refractivity contribution in [3.63, 3.8) is 0 Å².